The lowest BCUT2D eigenvalue weighted by atomic mass is 10.1. The van der Waals surface area contributed by atoms with Crippen LogP contribution in [0.3, 0.4) is 0 Å². The number of quaternary nitrogens is 1. The third kappa shape index (κ3) is 1.16. The fraction of sp³-hybridized carbons (Fsp3) is 0.333. The highest BCUT2D eigenvalue weighted by Crippen LogP contribution is 1.96. The summed E-state index contributed by atoms with van der Waals surface area (Å²) < 4.78 is 0. The maximum atomic E-state index is 3.86. The summed E-state index contributed by atoms with van der Waals surface area (Å²) in [4.78, 5) is 0. The minimum Gasteiger partial charge on any atom is -0.352 e. The normalized spacial score (nSPS) is 28.4. The maximum absolute atomic E-state index is 3.86. The van der Waals surface area contributed by atoms with Crippen molar-refractivity contribution < 1.29 is 5.73 Å². The molecule has 0 aromatic carbocycles. The Morgan fingerprint density at radius 3 is 2.57 bits per heavy atom. The van der Waals surface area contributed by atoms with Crippen LogP contribution in [0, 0.1) is 0 Å². The summed E-state index contributed by atoms with van der Waals surface area (Å²) in [6.45, 7) is 0. The lowest BCUT2D eigenvalue weighted by Crippen LogP contribution is -2.59. The van der Waals surface area contributed by atoms with Gasteiger partial charge in [0.2, 0.25) is 0 Å². The van der Waals surface area contributed by atoms with Gasteiger partial charge in [0.25, 0.3) is 0 Å². The molecule has 1 atom stereocenters. The monoisotopic (exact) mass is 96.1 g/mol. The molecule has 0 saturated carbocycles. The van der Waals surface area contributed by atoms with E-state index < -0.39 is 0 Å². The predicted molar refractivity (Wildman–Crippen MR) is 29.6 cm³/mol. The van der Waals surface area contributed by atoms with Gasteiger partial charge in [-0.2, -0.15) is 0 Å². The molecule has 0 heterocycles. The van der Waals surface area contributed by atoms with Gasteiger partial charge in [-0.1, -0.05) is 18.2 Å². The molecule has 0 bridgehead atoms. The van der Waals surface area contributed by atoms with E-state index in [0.717, 1.165) is 6.42 Å². The van der Waals surface area contributed by atoms with E-state index in [1.807, 2.05) is 6.08 Å². The third-order valence-electron chi connectivity index (χ3n) is 1.07. The molecule has 1 aliphatic carbocycles. The molecule has 7 heavy (non-hydrogen) atoms. The van der Waals surface area contributed by atoms with E-state index in [4.69, 9.17) is 0 Å². The van der Waals surface area contributed by atoms with Crippen molar-refractivity contribution in [1.82, 2.24) is 0 Å². The minimum atomic E-state index is 0.519. The van der Waals surface area contributed by atoms with E-state index in [1.165, 1.54) is 0 Å². The molecule has 1 unspecified atom stereocenters. The van der Waals surface area contributed by atoms with Crippen LogP contribution in [0.15, 0.2) is 24.3 Å². The van der Waals surface area contributed by atoms with Crippen molar-refractivity contribution in [1.29, 1.82) is 0 Å². The van der Waals surface area contributed by atoms with Crippen LogP contribution in [0.5, 0.6) is 0 Å². The predicted octanol–water partition coefficient (Wildman–Crippen LogP) is 0.113. The number of rotatable bonds is 0. The molecule has 0 radical (unpaired) electrons. The highest BCUT2D eigenvalue weighted by Gasteiger charge is 1.97. The summed E-state index contributed by atoms with van der Waals surface area (Å²) in [5, 5.41) is 0. The Labute approximate surface area is 43.5 Å². The van der Waals surface area contributed by atoms with E-state index in [9.17, 15) is 0 Å². The van der Waals surface area contributed by atoms with Crippen LogP contribution in [0.4, 0.5) is 0 Å². The largest absolute Gasteiger partial charge is 0.352 e. The standard InChI is InChI=1S/C6H9N/c7-6-4-2-1-3-5-6/h1-4,6H,5,7H2/p+1. The molecule has 1 heteroatoms. The highest BCUT2D eigenvalue weighted by atomic mass is 14.6. The Hall–Kier alpha value is -0.560. The topological polar surface area (TPSA) is 27.6 Å². The summed E-state index contributed by atoms with van der Waals surface area (Å²) in [7, 11) is 0. The second kappa shape index (κ2) is 1.94. The van der Waals surface area contributed by atoms with Crippen LogP contribution >= 0.6 is 0 Å². The molecule has 3 N–H and O–H groups in total. The van der Waals surface area contributed by atoms with Crippen molar-refractivity contribution >= 4 is 0 Å². The van der Waals surface area contributed by atoms with E-state index in [1.54, 1.807) is 0 Å². The Kier molecular flexibility index (Phi) is 1.27. The van der Waals surface area contributed by atoms with Gasteiger partial charge in [0.1, 0.15) is 6.04 Å². The van der Waals surface area contributed by atoms with Crippen LogP contribution in [-0.4, -0.2) is 6.04 Å². The van der Waals surface area contributed by atoms with E-state index in [2.05, 4.69) is 24.0 Å². The molecule has 1 aliphatic rings. The van der Waals surface area contributed by atoms with Crippen molar-refractivity contribution in [2.75, 3.05) is 0 Å². The molecule has 1 nitrogen and oxygen atoms in total. The summed E-state index contributed by atoms with van der Waals surface area (Å²) >= 11 is 0. The quantitative estimate of drug-likeness (QED) is 0.443. The van der Waals surface area contributed by atoms with Crippen molar-refractivity contribution in [2.24, 2.45) is 0 Å². The summed E-state index contributed by atoms with van der Waals surface area (Å²) in [6.07, 6.45) is 9.46. The van der Waals surface area contributed by atoms with Gasteiger partial charge in [-0.3, -0.25) is 0 Å². The van der Waals surface area contributed by atoms with E-state index in [-0.39, 0.29) is 0 Å². The summed E-state index contributed by atoms with van der Waals surface area (Å²) in [5.74, 6) is 0. The van der Waals surface area contributed by atoms with E-state index >= 15 is 0 Å². The fourth-order valence-electron chi connectivity index (χ4n) is 0.632. The zero-order valence-electron chi connectivity index (χ0n) is 4.30. The van der Waals surface area contributed by atoms with Gasteiger partial charge in [-0.05, 0) is 6.08 Å². The smallest absolute Gasteiger partial charge is 0.107 e. The molecule has 0 saturated heterocycles. The molecule has 1 rings (SSSR count). The first-order valence-corrected chi connectivity index (χ1v) is 2.56. The lowest BCUT2D eigenvalue weighted by Gasteiger charge is -1.99. The first-order chi connectivity index (χ1) is 3.39. The molecule has 38 valence electrons. The van der Waals surface area contributed by atoms with E-state index in [0.29, 0.717) is 6.04 Å². The van der Waals surface area contributed by atoms with Crippen molar-refractivity contribution in [3.05, 3.63) is 24.3 Å². The van der Waals surface area contributed by atoms with Crippen LogP contribution in [0.1, 0.15) is 6.42 Å². The zero-order chi connectivity index (χ0) is 5.11. The lowest BCUT2D eigenvalue weighted by molar-refractivity contribution is -0.402. The molecule has 0 aromatic rings. The first kappa shape index (κ1) is 4.60. The summed E-state index contributed by atoms with van der Waals surface area (Å²) in [6, 6.07) is 0.519. The Bertz CT molecular complexity index is 103. The molecular formula is C6H10N+. The zero-order valence-corrected chi connectivity index (χ0v) is 4.30. The van der Waals surface area contributed by atoms with Crippen LogP contribution in [0.2, 0.25) is 0 Å². The van der Waals surface area contributed by atoms with Gasteiger partial charge >= 0.3 is 0 Å². The summed E-state index contributed by atoms with van der Waals surface area (Å²) in [5.41, 5.74) is 3.86. The minimum absolute atomic E-state index is 0.519. The Balaban J connectivity index is 2.49. The number of hydrogen-bond acceptors (Lipinski definition) is 0. The Morgan fingerprint density at radius 1 is 1.43 bits per heavy atom. The molecule has 0 fully saturated rings. The first-order valence-electron chi connectivity index (χ1n) is 2.56. The molecular weight excluding hydrogens is 86.1 g/mol. The van der Waals surface area contributed by atoms with Gasteiger partial charge in [-0.25, -0.2) is 0 Å². The van der Waals surface area contributed by atoms with Crippen molar-refractivity contribution in [2.45, 2.75) is 12.5 Å². The number of hydrogen-bond donors (Lipinski definition) is 1. The van der Waals surface area contributed by atoms with Crippen LogP contribution in [0.25, 0.3) is 0 Å². The van der Waals surface area contributed by atoms with Gasteiger partial charge in [0.05, 0.1) is 0 Å². The maximum Gasteiger partial charge on any atom is 0.107 e. The third-order valence-corrected chi connectivity index (χ3v) is 1.07. The molecule has 0 aliphatic heterocycles. The van der Waals surface area contributed by atoms with Crippen molar-refractivity contribution in [3.8, 4) is 0 Å². The number of allylic oxidation sites excluding steroid dienone is 2. The second-order valence-electron chi connectivity index (χ2n) is 1.81. The highest BCUT2D eigenvalue weighted by molar-refractivity contribution is 5.10. The molecule has 0 spiro atoms. The average Bonchev–Trinajstić information content (AvgIpc) is 1.69. The van der Waals surface area contributed by atoms with Gasteiger partial charge in [0.15, 0.2) is 0 Å². The SMILES string of the molecule is [NH3+]C1C=CC=CC1. The average molecular weight is 96.2 g/mol. The second-order valence-corrected chi connectivity index (χ2v) is 1.81. The van der Waals surface area contributed by atoms with Gasteiger partial charge in [0, 0.05) is 6.42 Å². The molecule has 0 amide bonds. The fourth-order valence-corrected chi connectivity index (χ4v) is 0.632. The Morgan fingerprint density at radius 2 is 2.29 bits per heavy atom. The van der Waals surface area contributed by atoms with Gasteiger partial charge in [-0.15, -0.1) is 0 Å². The van der Waals surface area contributed by atoms with Crippen molar-refractivity contribution in [3.63, 3.8) is 0 Å². The van der Waals surface area contributed by atoms with Crippen LogP contribution < -0.4 is 5.73 Å². The van der Waals surface area contributed by atoms with Crippen LogP contribution in [-0.2, 0) is 0 Å². The molecule has 0 aromatic heterocycles. The van der Waals surface area contributed by atoms with Gasteiger partial charge < -0.3 is 5.73 Å².